The van der Waals surface area contributed by atoms with Crippen molar-refractivity contribution < 1.29 is 28.4 Å². The van der Waals surface area contributed by atoms with Gasteiger partial charge in [0, 0.05) is 13.0 Å². The summed E-state index contributed by atoms with van der Waals surface area (Å²) < 4.78 is 22.1. The fraction of sp³-hybridized carbons (Fsp3) is 0.829. The van der Waals surface area contributed by atoms with Crippen LogP contribution >= 0.6 is 7.82 Å². The van der Waals surface area contributed by atoms with Crippen LogP contribution in [-0.4, -0.2) is 47.8 Å². The van der Waals surface area contributed by atoms with Crippen molar-refractivity contribution in [2.45, 2.75) is 199 Å². The van der Waals surface area contributed by atoms with Crippen LogP contribution in [0.1, 0.15) is 187 Å². The van der Waals surface area contributed by atoms with E-state index in [0.29, 0.717) is 6.42 Å². The van der Waals surface area contributed by atoms with E-state index >= 15 is 0 Å². The largest absolute Gasteiger partial charge is 0.472 e. The average molecular weight is 727 g/mol. The number of allylic oxidation sites excluding steroid dienone is 5. The second kappa shape index (κ2) is 37.5. The molecule has 0 bridgehead atoms. The third kappa shape index (κ3) is 35.1. The summed E-state index contributed by atoms with van der Waals surface area (Å²) in [5.74, 6) is -0.204. The maximum atomic E-state index is 12.7. The second-order valence-electron chi connectivity index (χ2n) is 13.8. The number of hydrogen-bond donors (Lipinski definition) is 4. The number of nitrogens with one attached hydrogen (secondary N) is 1. The van der Waals surface area contributed by atoms with Gasteiger partial charge in [-0.3, -0.25) is 13.8 Å². The molecular weight excluding hydrogens is 647 g/mol. The van der Waals surface area contributed by atoms with Crippen molar-refractivity contribution in [3.05, 3.63) is 36.5 Å². The monoisotopic (exact) mass is 727 g/mol. The quantitative estimate of drug-likeness (QED) is 0.0283. The molecule has 0 heterocycles. The minimum absolute atomic E-state index is 0.0766. The summed E-state index contributed by atoms with van der Waals surface area (Å²) in [5, 5.41) is 13.6. The molecule has 0 fully saturated rings. The molecule has 5 N–H and O–H groups in total. The van der Waals surface area contributed by atoms with E-state index in [0.717, 1.165) is 51.4 Å². The van der Waals surface area contributed by atoms with E-state index in [1.165, 1.54) is 116 Å². The molecule has 3 unspecified atom stereocenters. The number of nitrogens with two attached hydrogens (primary N) is 1. The van der Waals surface area contributed by atoms with Gasteiger partial charge in [0.1, 0.15) is 0 Å². The van der Waals surface area contributed by atoms with Crippen molar-refractivity contribution in [2.75, 3.05) is 19.8 Å². The molecule has 0 radical (unpaired) electrons. The number of unbranched alkanes of at least 4 members (excludes halogenated alkanes) is 22. The molecule has 0 saturated carbocycles. The highest BCUT2D eigenvalue weighted by molar-refractivity contribution is 7.47. The number of aliphatic hydroxyl groups is 1. The Morgan fingerprint density at radius 3 is 1.60 bits per heavy atom. The van der Waals surface area contributed by atoms with E-state index < -0.39 is 20.0 Å². The fourth-order valence-corrected chi connectivity index (χ4v) is 6.57. The van der Waals surface area contributed by atoms with Crippen LogP contribution in [-0.2, 0) is 18.4 Å². The lowest BCUT2D eigenvalue weighted by atomic mass is 10.0. The summed E-state index contributed by atoms with van der Waals surface area (Å²) in [5.41, 5.74) is 5.36. The van der Waals surface area contributed by atoms with Gasteiger partial charge in [-0.05, 0) is 51.4 Å². The van der Waals surface area contributed by atoms with Crippen LogP contribution in [0.3, 0.4) is 0 Å². The molecule has 0 aromatic rings. The van der Waals surface area contributed by atoms with Gasteiger partial charge in [-0.15, -0.1) is 0 Å². The van der Waals surface area contributed by atoms with Gasteiger partial charge in [-0.2, -0.15) is 0 Å². The number of carbonyl (C=O) groups excluding carboxylic acids is 1. The Hall–Kier alpha value is -1.28. The van der Waals surface area contributed by atoms with Crippen LogP contribution in [0.2, 0.25) is 0 Å². The SMILES string of the molecule is CCCCCC/C=C\C/C=C\CCCCCCCCCC(=O)NC(COP(=O)(O)OCCN)C(O)/C=C/CCCCCCCCCCCCC. The molecule has 0 aliphatic rings. The van der Waals surface area contributed by atoms with Gasteiger partial charge in [-0.25, -0.2) is 4.57 Å². The number of carbonyl (C=O) groups is 1. The van der Waals surface area contributed by atoms with Gasteiger partial charge in [0.2, 0.25) is 5.91 Å². The van der Waals surface area contributed by atoms with Gasteiger partial charge in [0.05, 0.1) is 25.4 Å². The maximum absolute atomic E-state index is 12.7. The molecule has 3 atom stereocenters. The third-order valence-corrected chi connectivity index (χ3v) is 9.94. The number of rotatable bonds is 38. The van der Waals surface area contributed by atoms with Crippen LogP contribution in [0, 0.1) is 0 Å². The average Bonchev–Trinajstić information content (AvgIpc) is 3.10. The second-order valence-corrected chi connectivity index (χ2v) is 15.3. The van der Waals surface area contributed by atoms with Crippen LogP contribution < -0.4 is 11.1 Å². The lowest BCUT2D eigenvalue weighted by molar-refractivity contribution is -0.123. The summed E-state index contributed by atoms with van der Waals surface area (Å²) in [7, 11) is -4.34. The highest BCUT2D eigenvalue weighted by Crippen LogP contribution is 2.43. The van der Waals surface area contributed by atoms with Gasteiger partial charge in [0.15, 0.2) is 0 Å². The molecule has 0 aliphatic carbocycles. The first-order valence-corrected chi connectivity index (χ1v) is 22.1. The Labute approximate surface area is 308 Å². The molecule has 9 heteroatoms. The van der Waals surface area contributed by atoms with Gasteiger partial charge >= 0.3 is 7.82 Å². The van der Waals surface area contributed by atoms with E-state index in [1.54, 1.807) is 6.08 Å². The number of amides is 1. The van der Waals surface area contributed by atoms with Crippen molar-refractivity contribution in [3.63, 3.8) is 0 Å². The molecule has 294 valence electrons. The standard InChI is InChI=1S/C41H79N2O6P/c1-3-5-7-9-11-13-15-17-18-19-20-21-23-25-27-29-31-33-35-41(45)43-39(38-49-50(46,47)48-37-36-42)40(44)34-32-30-28-26-24-22-16-14-12-10-8-6-4-2/h13,15,18-19,32,34,39-40,44H,3-12,14,16-17,20-31,33,35-38,42H2,1-2H3,(H,43,45)(H,46,47)/b15-13-,19-18-,34-32+. The molecule has 1 amide bonds. The van der Waals surface area contributed by atoms with E-state index in [2.05, 4.69) is 43.5 Å². The minimum Gasteiger partial charge on any atom is -0.387 e. The summed E-state index contributed by atoms with van der Waals surface area (Å²) in [6.07, 6.45) is 43.2. The Balaban J connectivity index is 4.26. The summed E-state index contributed by atoms with van der Waals surface area (Å²) in [4.78, 5) is 22.6. The van der Waals surface area contributed by atoms with Crippen LogP contribution in [0.5, 0.6) is 0 Å². The predicted molar refractivity (Wildman–Crippen MR) is 212 cm³/mol. The smallest absolute Gasteiger partial charge is 0.387 e. The lowest BCUT2D eigenvalue weighted by Gasteiger charge is -2.23. The summed E-state index contributed by atoms with van der Waals surface area (Å²) in [6.45, 7) is 4.10. The topological polar surface area (TPSA) is 131 Å². The number of phosphoric acid groups is 1. The highest BCUT2D eigenvalue weighted by Gasteiger charge is 2.26. The molecular formula is C41H79N2O6P. The third-order valence-electron chi connectivity index (χ3n) is 8.96. The van der Waals surface area contributed by atoms with E-state index in [-0.39, 0.29) is 25.7 Å². The highest BCUT2D eigenvalue weighted by atomic mass is 31.2. The van der Waals surface area contributed by atoms with Crippen molar-refractivity contribution >= 4 is 13.7 Å². The van der Waals surface area contributed by atoms with Crippen LogP contribution in [0.25, 0.3) is 0 Å². The van der Waals surface area contributed by atoms with Crippen molar-refractivity contribution in [3.8, 4) is 0 Å². The van der Waals surface area contributed by atoms with Crippen LogP contribution in [0.15, 0.2) is 36.5 Å². The first kappa shape index (κ1) is 48.7. The zero-order valence-corrected chi connectivity index (χ0v) is 33.3. The first-order chi connectivity index (χ1) is 24.4. The first-order valence-electron chi connectivity index (χ1n) is 20.6. The van der Waals surface area contributed by atoms with Crippen molar-refractivity contribution in [1.29, 1.82) is 0 Å². The fourth-order valence-electron chi connectivity index (χ4n) is 5.81. The number of hydrogen-bond acceptors (Lipinski definition) is 6. The van der Waals surface area contributed by atoms with Gasteiger partial charge in [0.25, 0.3) is 0 Å². The molecule has 0 rings (SSSR count). The van der Waals surface area contributed by atoms with Crippen LogP contribution in [0.4, 0.5) is 0 Å². The predicted octanol–water partition coefficient (Wildman–Crippen LogP) is 11.2. The Kier molecular flexibility index (Phi) is 36.5. The minimum atomic E-state index is -4.34. The normalized spacial score (nSPS) is 14.6. The van der Waals surface area contributed by atoms with Gasteiger partial charge < -0.3 is 21.1 Å². The lowest BCUT2D eigenvalue weighted by Crippen LogP contribution is -2.45. The molecule has 50 heavy (non-hydrogen) atoms. The van der Waals surface area contributed by atoms with E-state index in [1.807, 2.05) is 6.08 Å². The number of aliphatic hydroxyl groups excluding tert-OH is 1. The molecule has 0 aliphatic heterocycles. The molecule has 0 saturated heterocycles. The molecule has 0 aromatic heterocycles. The molecule has 0 spiro atoms. The summed E-state index contributed by atoms with van der Waals surface area (Å²) >= 11 is 0. The molecule has 8 nitrogen and oxygen atoms in total. The molecule has 0 aromatic carbocycles. The Morgan fingerprint density at radius 2 is 1.10 bits per heavy atom. The Morgan fingerprint density at radius 1 is 0.660 bits per heavy atom. The number of phosphoric ester groups is 1. The maximum Gasteiger partial charge on any atom is 0.472 e. The van der Waals surface area contributed by atoms with Gasteiger partial charge in [-0.1, -0.05) is 166 Å². The van der Waals surface area contributed by atoms with Crippen molar-refractivity contribution in [2.24, 2.45) is 5.73 Å². The Bertz CT molecular complexity index is 881. The zero-order chi connectivity index (χ0) is 36.8. The van der Waals surface area contributed by atoms with E-state index in [4.69, 9.17) is 14.8 Å². The van der Waals surface area contributed by atoms with Crippen molar-refractivity contribution in [1.82, 2.24) is 5.32 Å². The summed E-state index contributed by atoms with van der Waals surface area (Å²) in [6, 6.07) is -0.862. The van der Waals surface area contributed by atoms with E-state index in [9.17, 15) is 19.4 Å². The zero-order valence-electron chi connectivity index (χ0n) is 32.4.